The zero-order valence-electron chi connectivity index (χ0n) is 10.4. The van der Waals surface area contributed by atoms with Gasteiger partial charge in [0.25, 0.3) is 0 Å². The van der Waals surface area contributed by atoms with Gasteiger partial charge in [-0.15, -0.1) is 11.3 Å². The van der Waals surface area contributed by atoms with Crippen LogP contribution < -0.4 is 5.32 Å². The first-order valence-corrected chi connectivity index (χ1v) is 6.34. The summed E-state index contributed by atoms with van der Waals surface area (Å²) in [5.41, 5.74) is 2.94. The molecule has 92 valence electrons. The molecule has 0 aromatic carbocycles. The van der Waals surface area contributed by atoms with Gasteiger partial charge in [0, 0.05) is 24.0 Å². The second-order valence-electron chi connectivity index (χ2n) is 4.35. The van der Waals surface area contributed by atoms with Gasteiger partial charge in [-0.3, -0.25) is 0 Å². The molecule has 2 N–H and O–H groups in total. The molecule has 0 aliphatic heterocycles. The summed E-state index contributed by atoms with van der Waals surface area (Å²) in [5, 5.41) is 13.0. The molecule has 1 heterocycles. The van der Waals surface area contributed by atoms with Crippen LogP contribution in [0, 0.1) is 6.92 Å². The Bertz CT molecular complexity index is 314. The quantitative estimate of drug-likeness (QED) is 0.783. The minimum atomic E-state index is -0.328. The Kier molecular flexibility index (Phi) is 5.34. The van der Waals surface area contributed by atoms with Crippen molar-refractivity contribution in [1.82, 2.24) is 15.2 Å². The van der Waals surface area contributed by atoms with Crippen LogP contribution in [0.4, 0.5) is 0 Å². The smallest absolute Gasteiger partial charge is 0.0798 e. The van der Waals surface area contributed by atoms with E-state index in [1.54, 1.807) is 11.3 Å². The Labute approximate surface area is 101 Å². The monoisotopic (exact) mass is 243 g/mol. The van der Waals surface area contributed by atoms with Gasteiger partial charge in [0.15, 0.2) is 0 Å². The van der Waals surface area contributed by atoms with Gasteiger partial charge in [-0.1, -0.05) is 0 Å². The molecule has 1 aromatic rings. The lowest BCUT2D eigenvalue weighted by atomic mass is 10.2. The van der Waals surface area contributed by atoms with E-state index in [-0.39, 0.29) is 12.1 Å². The molecule has 0 fully saturated rings. The largest absolute Gasteiger partial charge is 0.390 e. The van der Waals surface area contributed by atoms with Crippen molar-refractivity contribution >= 4 is 11.3 Å². The van der Waals surface area contributed by atoms with Gasteiger partial charge in [0.1, 0.15) is 0 Å². The molecule has 0 aliphatic rings. The van der Waals surface area contributed by atoms with Crippen LogP contribution in [0.25, 0.3) is 0 Å². The topological polar surface area (TPSA) is 48.4 Å². The van der Waals surface area contributed by atoms with Gasteiger partial charge >= 0.3 is 0 Å². The van der Waals surface area contributed by atoms with Gasteiger partial charge in [-0.25, -0.2) is 4.98 Å². The summed E-state index contributed by atoms with van der Waals surface area (Å²) in [4.78, 5) is 7.45. The Morgan fingerprint density at radius 3 is 2.75 bits per heavy atom. The molecule has 0 radical (unpaired) electrons. The number of aliphatic hydroxyl groups is 1. The van der Waals surface area contributed by atoms with Crippen molar-refractivity contribution < 1.29 is 5.11 Å². The van der Waals surface area contributed by atoms with Crippen LogP contribution in [0.3, 0.4) is 0 Å². The van der Waals surface area contributed by atoms with E-state index >= 15 is 0 Å². The summed E-state index contributed by atoms with van der Waals surface area (Å²) in [6.07, 6.45) is -0.328. The first kappa shape index (κ1) is 13.6. The lowest BCUT2D eigenvalue weighted by Crippen LogP contribution is -2.36. The van der Waals surface area contributed by atoms with Gasteiger partial charge < -0.3 is 15.3 Å². The second kappa shape index (κ2) is 6.30. The number of hydrogen-bond donors (Lipinski definition) is 2. The molecule has 0 bridgehead atoms. The Hall–Kier alpha value is -0.490. The van der Waals surface area contributed by atoms with Crippen molar-refractivity contribution in [2.24, 2.45) is 0 Å². The van der Waals surface area contributed by atoms with Crippen LogP contribution >= 0.6 is 11.3 Å². The molecule has 16 heavy (non-hydrogen) atoms. The molecule has 0 saturated carbocycles. The van der Waals surface area contributed by atoms with Crippen molar-refractivity contribution in [3.63, 3.8) is 0 Å². The maximum atomic E-state index is 9.72. The molecule has 4 nitrogen and oxygen atoms in total. The zero-order valence-corrected chi connectivity index (χ0v) is 11.2. The Balaban J connectivity index is 2.35. The van der Waals surface area contributed by atoms with Gasteiger partial charge in [-0.05, 0) is 27.9 Å². The molecule has 1 rings (SSSR count). The number of aromatic nitrogens is 1. The number of aliphatic hydroxyl groups excluding tert-OH is 1. The highest BCUT2D eigenvalue weighted by Crippen LogP contribution is 2.20. The number of hydrogen-bond acceptors (Lipinski definition) is 5. The van der Waals surface area contributed by atoms with Gasteiger partial charge in [-0.2, -0.15) is 0 Å². The fourth-order valence-corrected chi connectivity index (χ4v) is 2.45. The van der Waals surface area contributed by atoms with Crippen molar-refractivity contribution in [1.29, 1.82) is 0 Å². The van der Waals surface area contributed by atoms with E-state index in [1.165, 1.54) is 4.88 Å². The lowest BCUT2D eigenvalue weighted by molar-refractivity contribution is 0.132. The Morgan fingerprint density at radius 2 is 2.25 bits per heavy atom. The summed E-state index contributed by atoms with van der Waals surface area (Å²) in [6.45, 7) is 5.40. The molecular formula is C11H21N3OS. The summed E-state index contributed by atoms with van der Waals surface area (Å²) in [5.74, 6) is 0. The normalized spacial score (nSPS) is 15.4. The minimum absolute atomic E-state index is 0.254. The highest BCUT2D eigenvalue weighted by molar-refractivity contribution is 7.09. The third kappa shape index (κ3) is 4.17. The van der Waals surface area contributed by atoms with Crippen LogP contribution in [-0.2, 0) is 0 Å². The predicted octanol–water partition coefficient (Wildman–Crippen LogP) is 1.02. The van der Waals surface area contributed by atoms with Gasteiger partial charge in [0.2, 0.25) is 0 Å². The number of aryl methyl sites for hydroxylation is 1. The lowest BCUT2D eigenvalue weighted by Gasteiger charge is -2.19. The standard InChI is InChI=1S/C11H21N3OS/c1-8(11-9(2)13-7-16-11)12-5-10(15)6-14(3)4/h7-8,10,12,15H,5-6H2,1-4H3. The predicted molar refractivity (Wildman–Crippen MR) is 67.8 cm³/mol. The van der Waals surface area contributed by atoms with Crippen LogP contribution in [-0.4, -0.2) is 48.3 Å². The first-order chi connectivity index (χ1) is 7.50. The average molecular weight is 243 g/mol. The number of likely N-dealkylation sites (N-methyl/N-ethyl adjacent to an activating group) is 1. The van der Waals surface area contributed by atoms with E-state index in [0.717, 1.165) is 5.69 Å². The SMILES string of the molecule is Cc1ncsc1C(C)NCC(O)CN(C)C. The average Bonchev–Trinajstić information content (AvgIpc) is 2.60. The van der Waals surface area contributed by atoms with E-state index in [0.29, 0.717) is 13.1 Å². The molecule has 2 atom stereocenters. The zero-order chi connectivity index (χ0) is 12.1. The highest BCUT2D eigenvalue weighted by Gasteiger charge is 2.12. The van der Waals surface area contributed by atoms with Crippen LogP contribution in [0.2, 0.25) is 0 Å². The molecule has 0 amide bonds. The summed E-state index contributed by atoms with van der Waals surface area (Å²) in [6, 6.07) is 0.254. The molecular weight excluding hydrogens is 222 g/mol. The maximum absolute atomic E-state index is 9.72. The molecule has 2 unspecified atom stereocenters. The molecule has 0 aliphatic carbocycles. The van der Waals surface area contributed by atoms with E-state index < -0.39 is 0 Å². The molecule has 1 aromatic heterocycles. The third-order valence-electron chi connectivity index (χ3n) is 2.41. The minimum Gasteiger partial charge on any atom is -0.390 e. The van der Waals surface area contributed by atoms with E-state index in [9.17, 15) is 5.11 Å². The summed E-state index contributed by atoms with van der Waals surface area (Å²) < 4.78 is 0. The number of rotatable bonds is 6. The number of thiazole rings is 1. The fraction of sp³-hybridized carbons (Fsp3) is 0.727. The van der Waals surface area contributed by atoms with Crippen molar-refractivity contribution in [3.8, 4) is 0 Å². The third-order valence-corrected chi connectivity index (χ3v) is 3.53. The molecule has 0 spiro atoms. The number of nitrogens with zero attached hydrogens (tertiary/aromatic N) is 2. The van der Waals surface area contributed by atoms with Crippen LogP contribution in [0.1, 0.15) is 23.5 Å². The maximum Gasteiger partial charge on any atom is 0.0798 e. The van der Waals surface area contributed by atoms with E-state index in [2.05, 4.69) is 17.2 Å². The Morgan fingerprint density at radius 1 is 1.56 bits per heavy atom. The number of nitrogens with one attached hydrogen (secondary N) is 1. The van der Waals surface area contributed by atoms with Crippen LogP contribution in [0.5, 0.6) is 0 Å². The summed E-state index contributed by atoms with van der Waals surface area (Å²) >= 11 is 1.66. The molecule has 5 heteroatoms. The van der Waals surface area contributed by atoms with E-state index in [4.69, 9.17) is 0 Å². The first-order valence-electron chi connectivity index (χ1n) is 5.47. The van der Waals surface area contributed by atoms with Crippen molar-refractivity contribution in [2.75, 3.05) is 27.2 Å². The van der Waals surface area contributed by atoms with E-state index in [1.807, 2.05) is 31.4 Å². The van der Waals surface area contributed by atoms with Crippen molar-refractivity contribution in [2.45, 2.75) is 26.0 Å². The van der Waals surface area contributed by atoms with Crippen molar-refractivity contribution in [3.05, 3.63) is 16.1 Å². The van der Waals surface area contributed by atoms with Gasteiger partial charge in [0.05, 0.1) is 17.3 Å². The molecule has 0 saturated heterocycles. The highest BCUT2D eigenvalue weighted by atomic mass is 32.1. The van der Waals surface area contributed by atoms with Crippen LogP contribution in [0.15, 0.2) is 5.51 Å². The fourth-order valence-electron chi connectivity index (χ4n) is 1.62. The second-order valence-corrected chi connectivity index (χ2v) is 5.23. The summed E-state index contributed by atoms with van der Waals surface area (Å²) in [7, 11) is 3.92.